The van der Waals surface area contributed by atoms with Gasteiger partial charge in [-0.05, 0) is 30.3 Å². The Hall–Kier alpha value is -1.91. The molecule has 0 fully saturated rings. The molecule has 0 aliphatic heterocycles. The lowest BCUT2D eigenvalue weighted by atomic mass is 10.2. The molecule has 0 amide bonds. The van der Waals surface area contributed by atoms with Gasteiger partial charge in [-0.2, -0.15) is 0 Å². The van der Waals surface area contributed by atoms with Crippen molar-refractivity contribution in [2.24, 2.45) is 0 Å². The summed E-state index contributed by atoms with van der Waals surface area (Å²) < 4.78 is 7.05. The second-order valence-electron chi connectivity index (χ2n) is 4.23. The number of benzene rings is 2. The van der Waals surface area contributed by atoms with Crippen molar-refractivity contribution in [2.45, 2.75) is 0 Å². The van der Waals surface area contributed by atoms with E-state index in [0.717, 1.165) is 5.52 Å². The van der Waals surface area contributed by atoms with E-state index in [-0.39, 0.29) is 0 Å². The van der Waals surface area contributed by atoms with E-state index in [9.17, 15) is 0 Å². The zero-order valence-corrected chi connectivity index (χ0v) is 12.1. The van der Waals surface area contributed by atoms with Crippen molar-refractivity contribution in [3.8, 4) is 11.4 Å². The summed E-state index contributed by atoms with van der Waals surface area (Å²) in [6.07, 6.45) is 0. The van der Waals surface area contributed by atoms with Gasteiger partial charge in [0, 0.05) is 5.02 Å². The molecule has 20 heavy (non-hydrogen) atoms. The van der Waals surface area contributed by atoms with E-state index < -0.39 is 0 Å². The average molecular weight is 308 g/mol. The molecule has 2 N–H and O–H groups in total. The third kappa shape index (κ3) is 1.97. The molecule has 0 atom stereocenters. The third-order valence-corrected chi connectivity index (χ3v) is 3.60. The Morgan fingerprint density at radius 3 is 2.75 bits per heavy atom. The van der Waals surface area contributed by atoms with Crippen LogP contribution >= 0.6 is 23.2 Å². The largest absolute Gasteiger partial charge is 0.494 e. The number of imidazole rings is 1. The SMILES string of the molecule is COc1cccc2c1nc(N)n2-c1cc(Cl)ccc1Cl. The van der Waals surface area contributed by atoms with Gasteiger partial charge in [0.25, 0.3) is 0 Å². The maximum Gasteiger partial charge on any atom is 0.206 e. The zero-order chi connectivity index (χ0) is 14.3. The number of rotatable bonds is 2. The predicted molar refractivity (Wildman–Crippen MR) is 82.1 cm³/mol. The van der Waals surface area contributed by atoms with Crippen LogP contribution in [0.3, 0.4) is 0 Å². The summed E-state index contributed by atoms with van der Waals surface area (Å²) in [5.41, 5.74) is 8.20. The van der Waals surface area contributed by atoms with Crippen molar-refractivity contribution in [1.82, 2.24) is 9.55 Å². The molecule has 0 aliphatic rings. The van der Waals surface area contributed by atoms with E-state index >= 15 is 0 Å². The summed E-state index contributed by atoms with van der Waals surface area (Å²) in [6, 6.07) is 10.8. The number of halogens is 2. The van der Waals surface area contributed by atoms with Crippen LogP contribution in [0.25, 0.3) is 16.7 Å². The van der Waals surface area contributed by atoms with Crippen LogP contribution in [-0.2, 0) is 0 Å². The average Bonchev–Trinajstić information content (AvgIpc) is 2.77. The van der Waals surface area contributed by atoms with Crippen LogP contribution in [-0.4, -0.2) is 16.7 Å². The number of nitrogens with zero attached hydrogens (tertiary/aromatic N) is 2. The standard InChI is InChI=1S/C14H11Cl2N3O/c1-20-12-4-2-3-10-13(12)18-14(17)19(10)11-7-8(15)5-6-9(11)16/h2-7H,1H3,(H2,17,18). The molecule has 0 aliphatic carbocycles. The third-order valence-electron chi connectivity index (χ3n) is 3.04. The Labute approximate surface area is 125 Å². The van der Waals surface area contributed by atoms with Gasteiger partial charge in [0.1, 0.15) is 11.3 Å². The van der Waals surface area contributed by atoms with Gasteiger partial charge in [0.2, 0.25) is 5.95 Å². The summed E-state index contributed by atoms with van der Waals surface area (Å²) in [5, 5.41) is 1.12. The van der Waals surface area contributed by atoms with Crippen molar-refractivity contribution in [3.63, 3.8) is 0 Å². The molecule has 0 unspecified atom stereocenters. The predicted octanol–water partition coefficient (Wildman–Crippen LogP) is 3.92. The van der Waals surface area contributed by atoms with Crippen molar-refractivity contribution in [2.75, 3.05) is 12.8 Å². The van der Waals surface area contributed by atoms with Crippen molar-refractivity contribution in [3.05, 3.63) is 46.4 Å². The first-order valence-corrected chi connectivity index (χ1v) is 6.64. The number of hydrogen-bond donors (Lipinski definition) is 1. The molecule has 3 rings (SSSR count). The van der Waals surface area contributed by atoms with Crippen molar-refractivity contribution in [1.29, 1.82) is 0 Å². The van der Waals surface area contributed by atoms with Gasteiger partial charge in [-0.1, -0.05) is 29.3 Å². The lowest BCUT2D eigenvalue weighted by Crippen LogP contribution is -2.01. The number of aromatic nitrogens is 2. The summed E-state index contributed by atoms with van der Waals surface area (Å²) >= 11 is 12.3. The summed E-state index contributed by atoms with van der Waals surface area (Å²) in [5.74, 6) is 0.986. The molecule has 1 aromatic heterocycles. The summed E-state index contributed by atoms with van der Waals surface area (Å²) in [6.45, 7) is 0. The molecular formula is C14H11Cl2N3O. The second kappa shape index (κ2) is 4.89. The Morgan fingerprint density at radius 2 is 2.00 bits per heavy atom. The number of ether oxygens (including phenoxy) is 1. The smallest absolute Gasteiger partial charge is 0.206 e. The molecule has 0 saturated carbocycles. The van der Waals surface area contributed by atoms with Gasteiger partial charge in [-0.3, -0.25) is 4.57 Å². The van der Waals surface area contributed by atoms with Crippen LogP contribution < -0.4 is 10.5 Å². The number of methoxy groups -OCH3 is 1. The van der Waals surface area contributed by atoms with E-state index in [4.69, 9.17) is 33.7 Å². The van der Waals surface area contributed by atoms with Crippen LogP contribution in [0.4, 0.5) is 5.95 Å². The second-order valence-corrected chi connectivity index (χ2v) is 5.07. The van der Waals surface area contributed by atoms with Crippen LogP contribution in [0.1, 0.15) is 0 Å². The van der Waals surface area contributed by atoms with E-state index in [2.05, 4.69) is 4.98 Å². The minimum absolute atomic E-state index is 0.327. The topological polar surface area (TPSA) is 53.1 Å². The Morgan fingerprint density at radius 1 is 1.20 bits per heavy atom. The fourth-order valence-corrected chi connectivity index (χ4v) is 2.53. The molecule has 1 heterocycles. The van der Waals surface area contributed by atoms with E-state index in [1.165, 1.54) is 0 Å². The van der Waals surface area contributed by atoms with Gasteiger partial charge in [-0.15, -0.1) is 0 Å². The van der Waals surface area contributed by atoms with Gasteiger partial charge in [0.15, 0.2) is 0 Å². The molecule has 102 valence electrons. The monoisotopic (exact) mass is 307 g/mol. The molecule has 4 nitrogen and oxygen atoms in total. The van der Waals surface area contributed by atoms with Gasteiger partial charge >= 0.3 is 0 Å². The summed E-state index contributed by atoms with van der Waals surface area (Å²) in [4.78, 5) is 4.35. The van der Waals surface area contributed by atoms with Crippen molar-refractivity contribution < 1.29 is 4.74 Å². The minimum Gasteiger partial charge on any atom is -0.494 e. The number of hydrogen-bond acceptors (Lipinski definition) is 3. The number of anilines is 1. The molecule has 0 radical (unpaired) electrons. The van der Waals surface area contributed by atoms with Crippen LogP contribution in [0, 0.1) is 0 Å². The highest BCUT2D eigenvalue weighted by atomic mass is 35.5. The van der Waals surface area contributed by atoms with Gasteiger partial charge < -0.3 is 10.5 Å². The highest BCUT2D eigenvalue weighted by molar-refractivity contribution is 6.34. The molecular weight excluding hydrogens is 297 g/mol. The number of nitrogens with two attached hydrogens (primary N) is 1. The molecule has 0 spiro atoms. The zero-order valence-electron chi connectivity index (χ0n) is 10.6. The molecule has 0 saturated heterocycles. The Bertz CT molecular complexity index is 798. The quantitative estimate of drug-likeness (QED) is 0.780. The fourth-order valence-electron chi connectivity index (χ4n) is 2.17. The molecule has 6 heteroatoms. The first-order chi connectivity index (χ1) is 9.61. The maximum atomic E-state index is 6.24. The Kier molecular flexibility index (Phi) is 3.20. The maximum absolute atomic E-state index is 6.24. The first kappa shape index (κ1) is 13.1. The Balaban J connectivity index is 2.37. The fraction of sp³-hybridized carbons (Fsp3) is 0.0714. The van der Waals surface area contributed by atoms with Crippen LogP contribution in [0.5, 0.6) is 5.75 Å². The highest BCUT2D eigenvalue weighted by Gasteiger charge is 2.15. The molecule has 2 aromatic carbocycles. The number of para-hydroxylation sites is 1. The first-order valence-electron chi connectivity index (χ1n) is 5.88. The van der Waals surface area contributed by atoms with Gasteiger partial charge in [-0.25, -0.2) is 4.98 Å². The lowest BCUT2D eigenvalue weighted by molar-refractivity contribution is 0.419. The number of fused-ring (bicyclic) bond motifs is 1. The molecule has 0 bridgehead atoms. The normalized spacial score (nSPS) is 10.9. The number of nitrogen functional groups attached to an aromatic ring is 1. The molecule has 3 aromatic rings. The van der Waals surface area contributed by atoms with E-state index in [1.54, 1.807) is 29.9 Å². The summed E-state index contributed by atoms with van der Waals surface area (Å²) in [7, 11) is 1.59. The van der Waals surface area contributed by atoms with Crippen LogP contribution in [0.2, 0.25) is 10.0 Å². The minimum atomic E-state index is 0.327. The lowest BCUT2D eigenvalue weighted by Gasteiger charge is -2.09. The van der Waals surface area contributed by atoms with E-state index in [0.29, 0.717) is 32.9 Å². The van der Waals surface area contributed by atoms with Gasteiger partial charge in [0.05, 0.1) is 23.3 Å². The van der Waals surface area contributed by atoms with Crippen molar-refractivity contribution >= 4 is 40.2 Å². The highest BCUT2D eigenvalue weighted by Crippen LogP contribution is 2.33. The van der Waals surface area contributed by atoms with Crippen LogP contribution in [0.15, 0.2) is 36.4 Å². The van der Waals surface area contributed by atoms with E-state index in [1.807, 2.05) is 18.2 Å².